The molecule has 0 fully saturated rings. The van der Waals surface area contributed by atoms with Crippen LogP contribution in [-0.4, -0.2) is 7.85 Å². The largest absolute Gasteiger partial charge is 0.0862 e. The van der Waals surface area contributed by atoms with Crippen LogP contribution in [0.1, 0.15) is 20.3 Å². The highest BCUT2D eigenvalue weighted by molar-refractivity contribution is 6.08. The summed E-state index contributed by atoms with van der Waals surface area (Å²) in [6.07, 6.45) is 2.03. The van der Waals surface area contributed by atoms with Gasteiger partial charge in [0, 0.05) is 0 Å². The second-order valence-electron chi connectivity index (χ2n) is 1.75. The molecule has 0 aromatic heterocycles. The van der Waals surface area contributed by atoms with E-state index in [4.69, 9.17) is 7.85 Å². The van der Waals surface area contributed by atoms with Crippen molar-refractivity contribution in [1.82, 2.24) is 0 Å². The zero-order valence-electron chi connectivity index (χ0n) is 4.57. The van der Waals surface area contributed by atoms with Crippen LogP contribution in [0.2, 0.25) is 6.32 Å². The summed E-state index contributed by atoms with van der Waals surface area (Å²) in [5, 5.41) is 0. The van der Waals surface area contributed by atoms with Crippen LogP contribution in [-0.2, 0) is 0 Å². The maximum Gasteiger partial charge on any atom is 0.0656 e. The Balaban J connectivity index is 2.75. The van der Waals surface area contributed by atoms with Gasteiger partial charge >= 0.3 is 0 Å². The van der Waals surface area contributed by atoms with E-state index in [1.54, 1.807) is 0 Å². The molecule has 0 aromatic rings. The van der Waals surface area contributed by atoms with E-state index in [2.05, 4.69) is 13.8 Å². The van der Waals surface area contributed by atoms with Gasteiger partial charge in [-0.3, -0.25) is 0 Å². The van der Waals surface area contributed by atoms with Crippen LogP contribution in [0, 0.1) is 5.92 Å². The van der Waals surface area contributed by atoms with E-state index in [9.17, 15) is 0 Å². The molecule has 0 nitrogen and oxygen atoms in total. The molecule has 6 heavy (non-hydrogen) atoms. The van der Waals surface area contributed by atoms with Crippen LogP contribution in [0.25, 0.3) is 0 Å². The molecule has 0 spiro atoms. The zero-order valence-corrected chi connectivity index (χ0v) is 4.57. The lowest BCUT2D eigenvalue weighted by Gasteiger charge is -1.99. The van der Waals surface area contributed by atoms with Gasteiger partial charge in [-0.05, 0) is 0 Å². The molecule has 0 bridgehead atoms. The smallest absolute Gasteiger partial charge is 0.0656 e. The molecule has 0 aliphatic rings. The van der Waals surface area contributed by atoms with Crippen molar-refractivity contribution in [1.29, 1.82) is 0 Å². The SMILES string of the molecule is [B]C[C@H](C)CC. The lowest BCUT2D eigenvalue weighted by atomic mass is 9.91. The molecule has 0 amide bonds. The van der Waals surface area contributed by atoms with Gasteiger partial charge in [0.2, 0.25) is 0 Å². The molecular formula is C5H11B. The van der Waals surface area contributed by atoms with Crippen LogP contribution in [0.4, 0.5) is 0 Å². The molecule has 0 aliphatic heterocycles. The highest BCUT2D eigenvalue weighted by Crippen LogP contribution is 2.01. The Morgan fingerprint density at radius 3 is 2.17 bits per heavy atom. The molecule has 34 valence electrons. The molecular weight excluding hydrogens is 70.9 g/mol. The van der Waals surface area contributed by atoms with E-state index >= 15 is 0 Å². The van der Waals surface area contributed by atoms with Crippen LogP contribution in [0.3, 0.4) is 0 Å². The third kappa shape index (κ3) is 2.31. The summed E-state index contributed by atoms with van der Waals surface area (Å²) >= 11 is 0. The van der Waals surface area contributed by atoms with Crippen molar-refractivity contribution in [3.8, 4) is 0 Å². The fraction of sp³-hybridized carbons (Fsp3) is 1.00. The minimum atomic E-state index is 0.713. The van der Waals surface area contributed by atoms with Crippen LogP contribution in [0.5, 0.6) is 0 Å². The van der Waals surface area contributed by atoms with Crippen molar-refractivity contribution in [2.24, 2.45) is 5.92 Å². The van der Waals surface area contributed by atoms with Crippen molar-refractivity contribution in [2.45, 2.75) is 26.6 Å². The van der Waals surface area contributed by atoms with Crippen LogP contribution < -0.4 is 0 Å². The first-order chi connectivity index (χ1) is 2.81. The van der Waals surface area contributed by atoms with Crippen molar-refractivity contribution < 1.29 is 0 Å². The standard InChI is InChI=1S/C5H11B/c1-3-5(2)4-6/h5H,3-4H2,1-2H3/t5-/m1/s1. The zero-order chi connectivity index (χ0) is 4.99. The van der Waals surface area contributed by atoms with Gasteiger partial charge in [0.05, 0.1) is 7.85 Å². The lowest BCUT2D eigenvalue weighted by molar-refractivity contribution is 0.625. The van der Waals surface area contributed by atoms with Gasteiger partial charge in [-0.1, -0.05) is 32.5 Å². The number of hydrogen-bond donors (Lipinski definition) is 0. The molecule has 0 aliphatic carbocycles. The van der Waals surface area contributed by atoms with Gasteiger partial charge in [0.15, 0.2) is 0 Å². The maximum atomic E-state index is 5.28. The van der Waals surface area contributed by atoms with Crippen molar-refractivity contribution in [3.05, 3.63) is 0 Å². The van der Waals surface area contributed by atoms with E-state index in [1.165, 1.54) is 6.42 Å². The van der Waals surface area contributed by atoms with E-state index < -0.39 is 0 Å². The Kier molecular flexibility index (Phi) is 3.30. The first kappa shape index (κ1) is 6.06. The minimum absolute atomic E-state index is 0.713. The molecule has 0 heterocycles. The normalized spacial score (nSPS) is 14.3. The van der Waals surface area contributed by atoms with Gasteiger partial charge < -0.3 is 0 Å². The number of rotatable bonds is 2. The monoisotopic (exact) mass is 82.1 g/mol. The summed E-state index contributed by atoms with van der Waals surface area (Å²) in [4.78, 5) is 0. The molecule has 2 radical (unpaired) electrons. The van der Waals surface area contributed by atoms with Crippen molar-refractivity contribution in [3.63, 3.8) is 0 Å². The highest BCUT2D eigenvalue weighted by atomic mass is 13.9. The van der Waals surface area contributed by atoms with Crippen LogP contribution >= 0.6 is 0 Å². The Bertz CT molecular complexity index is 23.1. The molecule has 0 saturated carbocycles. The highest BCUT2D eigenvalue weighted by Gasteiger charge is 1.88. The van der Waals surface area contributed by atoms with Gasteiger partial charge in [0.1, 0.15) is 0 Å². The van der Waals surface area contributed by atoms with Crippen molar-refractivity contribution >= 4 is 7.85 Å². The average molecular weight is 82.0 g/mol. The average Bonchev–Trinajstić information content (AvgIpc) is 1.65. The van der Waals surface area contributed by atoms with Gasteiger partial charge in [-0.15, -0.1) is 0 Å². The summed E-state index contributed by atoms with van der Waals surface area (Å²) in [6, 6.07) is 0. The molecule has 0 aromatic carbocycles. The molecule has 0 saturated heterocycles. The summed E-state index contributed by atoms with van der Waals surface area (Å²) in [5.74, 6) is 0.713. The number of hydrogen-bond acceptors (Lipinski definition) is 0. The van der Waals surface area contributed by atoms with Gasteiger partial charge in [0.25, 0.3) is 0 Å². The fourth-order valence-electron chi connectivity index (χ4n) is 0.167. The Morgan fingerprint density at radius 2 is 2.17 bits per heavy atom. The predicted octanol–water partition coefficient (Wildman–Crippen LogP) is 1.62. The quantitative estimate of drug-likeness (QED) is 0.444. The summed E-state index contributed by atoms with van der Waals surface area (Å²) in [6.45, 7) is 4.30. The Morgan fingerprint density at radius 1 is 1.67 bits per heavy atom. The lowest BCUT2D eigenvalue weighted by Crippen LogP contribution is -1.87. The molecule has 0 unspecified atom stereocenters. The Hall–Kier alpha value is 0.0649. The molecule has 1 heteroatoms. The predicted molar refractivity (Wildman–Crippen MR) is 30.0 cm³/mol. The second-order valence-corrected chi connectivity index (χ2v) is 1.75. The van der Waals surface area contributed by atoms with E-state index in [1.807, 2.05) is 0 Å². The van der Waals surface area contributed by atoms with E-state index in [0.717, 1.165) is 6.32 Å². The second kappa shape index (κ2) is 3.26. The third-order valence-corrected chi connectivity index (χ3v) is 1.10. The molecule has 1 atom stereocenters. The summed E-state index contributed by atoms with van der Waals surface area (Å²) < 4.78 is 0. The first-order valence-corrected chi connectivity index (χ1v) is 2.51. The van der Waals surface area contributed by atoms with E-state index in [-0.39, 0.29) is 0 Å². The first-order valence-electron chi connectivity index (χ1n) is 2.51. The van der Waals surface area contributed by atoms with E-state index in [0.29, 0.717) is 5.92 Å². The summed E-state index contributed by atoms with van der Waals surface area (Å²) in [7, 11) is 5.28. The summed E-state index contributed by atoms with van der Waals surface area (Å²) in [5.41, 5.74) is 0. The minimum Gasteiger partial charge on any atom is -0.0862 e. The molecule has 0 rings (SSSR count). The van der Waals surface area contributed by atoms with Crippen LogP contribution in [0.15, 0.2) is 0 Å². The third-order valence-electron chi connectivity index (χ3n) is 1.10. The topological polar surface area (TPSA) is 0 Å². The fourth-order valence-corrected chi connectivity index (χ4v) is 0.167. The van der Waals surface area contributed by atoms with Gasteiger partial charge in [-0.2, -0.15) is 0 Å². The van der Waals surface area contributed by atoms with Crippen molar-refractivity contribution in [2.75, 3.05) is 0 Å². The maximum absolute atomic E-state index is 5.28. The Labute approximate surface area is 41.4 Å². The van der Waals surface area contributed by atoms with Gasteiger partial charge in [-0.25, -0.2) is 0 Å². The molecule has 0 N–H and O–H groups in total.